The van der Waals surface area contributed by atoms with Gasteiger partial charge >= 0.3 is 0 Å². The molecule has 1 aromatic carbocycles. The van der Waals surface area contributed by atoms with Gasteiger partial charge < -0.3 is 9.72 Å². The SMILES string of the molecule is CCCC(c1nnnn1C1CCCCC1)N(Cc1cc2ccc(C)c(C)c2[nH]c1=O)CC1CCCO1. The lowest BCUT2D eigenvalue weighted by atomic mass is 9.95. The average Bonchev–Trinajstić information content (AvgIpc) is 3.58. The standard InChI is InChI=1S/C28H40N6O2/c1-4-9-25(27-30-31-32-34(27)23-10-6-5-7-11-23)33(18-24-12-8-15-36-24)17-22-16-21-14-13-19(2)20(3)26(21)29-28(22)35/h13-14,16,23-25H,4-12,15,17-18H2,1-3H3,(H,29,35). The summed E-state index contributed by atoms with van der Waals surface area (Å²) in [5, 5.41) is 14.3. The van der Waals surface area contributed by atoms with Crippen molar-refractivity contribution in [3.05, 3.63) is 51.1 Å². The molecule has 2 aromatic heterocycles. The van der Waals surface area contributed by atoms with Crippen molar-refractivity contribution in [2.45, 2.75) is 103 Å². The second-order valence-corrected chi connectivity index (χ2v) is 10.7. The summed E-state index contributed by atoms with van der Waals surface area (Å²) in [6.45, 7) is 8.48. The van der Waals surface area contributed by atoms with Gasteiger partial charge in [0.25, 0.3) is 5.56 Å². The molecule has 36 heavy (non-hydrogen) atoms. The summed E-state index contributed by atoms with van der Waals surface area (Å²) in [7, 11) is 0. The molecule has 1 aliphatic carbocycles. The number of hydrogen-bond donors (Lipinski definition) is 1. The molecule has 1 N–H and O–H groups in total. The molecule has 0 amide bonds. The molecule has 5 rings (SSSR count). The normalized spacial score (nSPS) is 19.9. The zero-order chi connectivity index (χ0) is 25.1. The number of hydrogen-bond acceptors (Lipinski definition) is 6. The molecule has 3 heterocycles. The van der Waals surface area contributed by atoms with Gasteiger partial charge in [0.15, 0.2) is 5.82 Å². The number of H-pyrrole nitrogens is 1. The van der Waals surface area contributed by atoms with E-state index in [1.165, 1.54) is 24.8 Å². The molecule has 8 heteroatoms. The lowest BCUT2D eigenvalue weighted by Gasteiger charge is -2.33. The average molecular weight is 493 g/mol. The first-order valence-electron chi connectivity index (χ1n) is 13.8. The molecular formula is C28H40N6O2. The van der Waals surface area contributed by atoms with E-state index < -0.39 is 0 Å². The minimum absolute atomic E-state index is 0.0179. The maximum Gasteiger partial charge on any atom is 0.252 e. The zero-order valence-electron chi connectivity index (χ0n) is 22.0. The summed E-state index contributed by atoms with van der Waals surface area (Å²) < 4.78 is 8.15. The molecule has 2 fully saturated rings. The highest BCUT2D eigenvalue weighted by Gasteiger charge is 2.32. The Morgan fingerprint density at radius 3 is 2.75 bits per heavy atom. The van der Waals surface area contributed by atoms with E-state index in [4.69, 9.17) is 4.74 Å². The fourth-order valence-corrected chi connectivity index (χ4v) is 6.01. The minimum Gasteiger partial charge on any atom is -0.377 e. The summed E-state index contributed by atoms with van der Waals surface area (Å²) in [5.74, 6) is 0.936. The second-order valence-electron chi connectivity index (χ2n) is 10.7. The largest absolute Gasteiger partial charge is 0.377 e. The van der Waals surface area contributed by atoms with Gasteiger partial charge in [-0.15, -0.1) is 5.10 Å². The van der Waals surface area contributed by atoms with Gasteiger partial charge in [-0.25, -0.2) is 4.68 Å². The number of nitrogens with one attached hydrogen (secondary N) is 1. The van der Waals surface area contributed by atoms with E-state index in [1.54, 1.807) is 0 Å². The Morgan fingerprint density at radius 1 is 1.17 bits per heavy atom. The molecule has 0 bridgehead atoms. The van der Waals surface area contributed by atoms with E-state index in [-0.39, 0.29) is 17.7 Å². The summed E-state index contributed by atoms with van der Waals surface area (Å²) in [4.78, 5) is 18.9. The van der Waals surface area contributed by atoms with Crippen molar-refractivity contribution in [2.24, 2.45) is 0 Å². The van der Waals surface area contributed by atoms with Crippen molar-refractivity contribution < 1.29 is 4.74 Å². The van der Waals surface area contributed by atoms with E-state index >= 15 is 0 Å². The maximum absolute atomic E-state index is 13.3. The van der Waals surface area contributed by atoms with Crippen LogP contribution in [0.15, 0.2) is 23.0 Å². The molecule has 2 unspecified atom stereocenters. The van der Waals surface area contributed by atoms with Crippen LogP contribution in [0.25, 0.3) is 10.9 Å². The number of pyridine rings is 1. The highest BCUT2D eigenvalue weighted by atomic mass is 16.5. The van der Waals surface area contributed by atoms with Crippen molar-refractivity contribution in [1.82, 2.24) is 30.1 Å². The molecule has 8 nitrogen and oxygen atoms in total. The Kier molecular flexibility index (Phi) is 7.82. The van der Waals surface area contributed by atoms with Gasteiger partial charge in [0.05, 0.1) is 23.7 Å². The molecule has 0 radical (unpaired) electrons. The lowest BCUT2D eigenvalue weighted by molar-refractivity contribution is 0.0468. The molecule has 1 aliphatic heterocycles. The van der Waals surface area contributed by atoms with E-state index in [2.05, 4.69) is 69.1 Å². The van der Waals surface area contributed by atoms with E-state index in [1.807, 2.05) is 0 Å². The fraction of sp³-hybridized carbons (Fsp3) is 0.643. The smallest absolute Gasteiger partial charge is 0.252 e. The van der Waals surface area contributed by atoms with E-state index in [0.29, 0.717) is 12.6 Å². The van der Waals surface area contributed by atoms with Crippen LogP contribution >= 0.6 is 0 Å². The van der Waals surface area contributed by atoms with Gasteiger partial charge in [0.1, 0.15) is 0 Å². The van der Waals surface area contributed by atoms with Crippen molar-refractivity contribution >= 4 is 10.9 Å². The first kappa shape index (κ1) is 25.1. The van der Waals surface area contributed by atoms with Gasteiger partial charge in [-0.3, -0.25) is 9.69 Å². The van der Waals surface area contributed by atoms with Crippen molar-refractivity contribution in [1.29, 1.82) is 0 Å². The highest BCUT2D eigenvalue weighted by molar-refractivity contribution is 5.83. The van der Waals surface area contributed by atoms with Gasteiger partial charge in [-0.2, -0.15) is 0 Å². The number of aryl methyl sites for hydroxylation is 2. The summed E-state index contributed by atoms with van der Waals surface area (Å²) in [6.07, 6.45) is 10.3. The van der Waals surface area contributed by atoms with Crippen molar-refractivity contribution in [2.75, 3.05) is 13.2 Å². The minimum atomic E-state index is -0.0179. The molecule has 1 saturated carbocycles. The number of nitrogens with zero attached hydrogens (tertiary/aromatic N) is 5. The molecule has 194 valence electrons. The second kappa shape index (κ2) is 11.2. The Bertz CT molecular complexity index is 1220. The van der Waals surface area contributed by atoms with Crippen molar-refractivity contribution in [3.8, 4) is 0 Å². The van der Waals surface area contributed by atoms with E-state index in [0.717, 1.165) is 79.5 Å². The number of aromatic nitrogens is 5. The van der Waals surface area contributed by atoms with Crippen LogP contribution in [0, 0.1) is 13.8 Å². The molecule has 3 aromatic rings. The van der Waals surface area contributed by atoms with Gasteiger partial charge in [-0.05, 0) is 79.0 Å². The monoisotopic (exact) mass is 492 g/mol. The molecule has 2 atom stereocenters. The third-order valence-corrected chi connectivity index (χ3v) is 8.20. The number of aromatic amines is 1. The third-order valence-electron chi connectivity index (χ3n) is 8.20. The van der Waals surface area contributed by atoms with Gasteiger partial charge in [-0.1, -0.05) is 44.7 Å². The van der Waals surface area contributed by atoms with Crippen LogP contribution in [0.5, 0.6) is 0 Å². The van der Waals surface area contributed by atoms with E-state index in [9.17, 15) is 4.79 Å². The predicted octanol–water partition coefficient (Wildman–Crippen LogP) is 5.16. The topological polar surface area (TPSA) is 88.9 Å². The lowest BCUT2D eigenvalue weighted by Crippen LogP contribution is -2.38. The van der Waals surface area contributed by atoms with Crippen LogP contribution in [0.1, 0.15) is 99.3 Å². The van der Waals surface area contributed by atoms with Crippen LogP contribution < -0.4 is 5.56 Å². The van der Waals surface area contributed by atoms with Crippen LogP contribution in [-0.4, -0.2) is 49.3 Å². The highest BCUT2D eigenvalue weighted by Crippen LogP contribution is 2.33. The first-order chi connectivity index (χ1) is 17.5. The number of ether oxygens (including phenoxy) is 1. The maximum atomic E-state index is 13.3. The number of fused-ring (bicyclic) bond motifs is 1. The third kappa shape index (κ3) is 5.25. The van der Waals surface area contributed by atoms with Gasteiger partial charge in [0, 0.05) is 25.3 Å². The summed E-state index contributed by atoms with van der Waals surface area (Å²) >= 11 is 0. The summed E-state index contributed by atoms with van der Waals surface area (Å²) in [5.41, 5.74) is 4.00. The Balaban J connectivity index is 1.51. The summed E-state index contributed by atoms with van der Waals surface area (Å²) in [6, 6.07) is 6.70. The molecule has 2 aliphatic rings. The first-order valence-corrected chi connectivity index (χ1v) is 13.8. The van der Waals surface area contributed by atoms with Crippen LogP contribution in [0.3, 0.4) is 0 Å². The van der Waals surface area contributed by atoms with Crippen LogP contribution in [-0.2, 0) is 11.3 Å². The fourth-order valence-electron chi connectivity index (χ4n) is 6.01. The Labute approximate surface area is 213 Å². The molecular weight excluding hydrogens is 452 g/mol. The van der Waals surface area contributed by atoms with Crippen LogP contribution in [0.2, 0.25) is 0 Å². The van der Waals surface area contributed by atoms with Crippen LogP contribution in [0.4, 0.5) is 0 Å². The molecule has 0 spiro atoms. The Morgan fingerprint density at radius 2 is 2.00 bits per heavy atom. The zero-order valence-corrected chi connectivity index (χ0v) is 22.0. The quantitative estimate of drug-likeness (QED) is 0.444. The number of rotatable bonds is 9. The predicted molar refractivity (Wildman–Crippen MR) is 141 cm³/mol. The Hall–Kier alpha value is -2.58. The molecule has 1 saturated heterocycles. The van der Waals surface area contributed by atoms with Crippen molar-refractivity contribution in [3.63, 3.8) is 0 Å². The number of benzene rings is 1. The van der Waals surface area contributed by atoms with Gasteiger partial charge in [0.2, 0.25) is 0 Å². The number of tetrazole rings is 1.